The van der Waals surface area contributed by atoms with Gasteiger partial charge in [0.15, 0.2) is 0 Å². The standard InChI is InChI=1S/C12H18N4O2/c1-3-8-14-9(6-10(17)15-8)16-5-4-12(2,7-16)11(13)18/h6H,3-5,7H2,1-2H3,(H2,13,18)(H,14,15,17). The van der Waals surface area contributed by atoms with E-state index in [1.165, 1.54) is 6.07 Å². The molecular formula is C12H18N4O2. The smallest absolute Gasteiger partial charge is 0.252 e. The van der Waals surface area contributed by atoms with E-state index < -0.39 is 5.41 Å². The molecule has 1 aliphatic rings. The minimum Gasteiger partial charge on any atom is -0.369 e. The largest absolute Gasteiger partial charge is 0.369 e. The quantitative estimate of drug-likeness (QED) is 0.792. The molecule has 0 saturated carbocycles. The predicted molar refractivity (Wildman–Crippen MR) is 68.4 cm³/mol. The number of carbonyl (C=O) groups is 1. The van der Waals surface area contributed by atoms with Gasteiger partial charge in [-0.2, -0.15) is 0 Å². The molecule has 1 aromatic heterocycles. The van der Waals surface area contributed by atoms with E-state index in [0.29, 0.717) is 37.6 Å². The number of amides is 1. The number of rotatable bonds is 3. The summed E-state index contributed by atoms with van der Waals surface area (Å²) in [5.41, 5.74) is 4.71. The molecule has 18 heavy (non-hydrogen) atoms. The van der Waals surface area contributed by atoms with Gasteiger partial charge in [0, 0.05) is 25.6 Å². The minimum atomic E-state index is -0.531. The van der Waals surface area contributed by atoms with E-state index in [-0.39, 0.29) is 11.5 Å². The zero-order valence-electron chi connectivity index (χ0n) is 10.7. The third-order valence-corrected chi connectivity index (χ3v) is 3.50. The van der Waals surface area contributed by atoms with Crippen LogP contribution in [0.25, 0.3) is 0 Å². The first-order valence-electron chi connectivity index (χ1n) is 6.10. The molecule has 0 bridgehead atoms. The minimum absolute atomic E-state index is 0.162. The lowest BCUT2D eigenvalue weighted by atomic mass is 9.89. The Morgan fingerprint density at radius 3 is 2.94 bits per heavy atom. The van der Waals surface area contributed by atoms with E-state index in [9.17, 15) is 9.59 Å². The highest BCUT2D eigenvalue weighted by Crippen LogP contribution is 2.31. The van der Waals surface area contributed by atoms with Crippen molar-refractivity contribution in [3.63, 3.8) is 0 Å². The van der Waals surface area contributed by atoms with Crippen molar-refractivity contribution in [3.05, 3.63) is 22.2 Å². The molecule has 1 aliphatic heterocycles. The van der Waals surface area contributed by atoms with Crippen LogP contribution in [0.4, 0.5) is 5.82 Å². The number of aromatic nitrogens is 2. The maximum atomic E-state index is 11.5. The van der Waals surface area contributed by atoms with Crippen molar-refractivity contribution in [1.29, 1.82) is 0 Å². The van der Waals surface area contributed by atoms with Gasteiger partial charge < -0.3 is 15.6 Å². The van der Waals surface area contributed by atoms with Crippen LogP contribution < -0.4 is 16.2 Å². The number of aryl methyl sites for hydroxylation is 1. The van der Waals surface area contributed by atoms with Gasteiger partial charge in [0.2, 0.25) is 5.91 Å². The Morgan fingerprint density at radius 1 is 1.67 bits per heavy atom. The first-order valence-corrected chi connectivity index (χ1v) is 6.10. The van der Waals surface area contributed by atoms with Crippen LogP contribution in [-0.4, -0.2) is 29.0 Å². The summed E-state index contributed by atoms with van der Waals surface area (Å²) in [7, 11) is 0. The second-order valence-corrected chi connectivity index (χ2v) is 5.00. The number of hydrogen-bond donors (Lipinski definition) is 2. The van der Waals surface area contributed by atoms with Crippen molar-refractivity contribution in [1.82, 2.24) is 9.97 Å². The van der Waals surface area contributed by atoms with E-state index in [2.05, 4.69) is 9.97 Å². The summed E-state index contributed by atoms with van der Waals surface area (Å²) in [6.45, 7) is 4.99. The van der Waals surface area contributed by atoms with Crippen LogP contribution in [0.15, 0.2) is 10.9 Å². The summed E-state index contributed by atoms with van der Waals surface area (Å²) in [6.07, 6.45) is 1.36. The molecule has 3 N–H and O–H groups in total. The van der Waals surface area contributed by atoms with Gasteiger partial charge in [-0.3, -0.25) is 9.59 Å². The topological polar surface area (TPSA) is 92.1 Å². The van der Waals surface area contributed by atoms with Gasteiger partial charge in [-0.1, -0.05) is 6.92 Å². The normalized spacial score (nSPS) is 23.3. The van der Waals surface area contributed by atoms with Crippen LogP contribution in [0.3, 0.4) is 0 Å². The molecule has 1 aromatic rings. The molecule has 1 amide bonds. The maximum Gasteiger partial charge on any atom is 0.252 e. The van der Waals surface area contributed by atoms with Crippen LogP contribution in [0.5, 0.6) is 0 Å². The van der Waals surface area contributed by atoms with Crippen molar-refractivity contribution < 1.29 is 4.79 Å². The average molecular weight is 250 g/mol. The lowest BCUT2D eigenvalue weighted by Gasteiger charge is -2.21. The summed E-state index contributed by atoms with van der Waals surface area (Å²) in [4.78, 5) is 31.9. The fourth-order valence-corrected chi connectivity index (χ4v) is 2.18. The first-order chi connectivity index (χ1) is 8.44. The van der Waals surface area contributed by atoms with E-state index >= 15 is 0 Å². The number of nitrogens with one attached hydrogen (secondary N) is 1. The Bertz CT molecular complexity index is 525. The van der Waals surface area contributed by atoms with Gasteiger partial charge in [-0.15, -0.1) is 0 Å². The predicted octanol–water partition coefficient (Wildman–Crippen LogP) is 0.0340. The molecule has 98 valence electrons. The molecule has 1 unspecified atom stereocenters. The summed E-state index contributed by atoms with van der Waals surface area (Å²) in [5.74, 6) is 0.983. The van der Waals surface area contributed by atoms with Crippen LogP contribution in [-0.2, 0) is 11.2 Å². The van der Waals surface area contributed by atoms with Gasteiger partial charge >= 0.3 is 0 Å². The molecule has 2 heterocycles. The molecular weight excluding hydrogens is 232 g/mol. The van der Waals surface area contributed by atoms with E-state index in [4.69, 9.17) is 5.73 Å². The second kappa shape index (κ2) is 4.44. The van der Waals surface area contributed by atoms with Crippen molar-refractivity contribution >= 4 is 11.7 Å². The summed E-state index contributed by atoms with van der Waals surface area (Å²) in [6, 6.07) is 1.46. The Hall–Kier alpha value is -1.85. The molecule has 2 rings (SSSR count). The van der Waals surface area contributed by atoms with Gasteiger partial charge in [0.05, 0.1) is 5.41 Å². The number of H-pyrrole nitrogens is 1. The molecule has 1 atom stereocenters. The van der Waals surface area contributed by atoms with Gasteiger partial charge in [0.25, 0.3) is 5.56 Å². The third-order valence-electron chi connectivity index (χ3n) is 3.50. The van der Waals surface area contributed by atoms with Crippen molar-refractivity contribution in [2.75, 3.05) is 18.0 Å². The lowest BCUT2D eigenvalue weighted by Crippen LogP contribution is -2.37. The first kappa shape index (κ1) is 12.6. The Labute approximate surface area is 105 Å². The highest BCUT2D eigenvalue weighted by atomic mass is 16.1. The summed E-state index contributed by atoms with van der Waals surface area (Å²) >= 11 is 0. The zero-order valence-corrected chi connectivity index (χ0v) is 10.7. The Morgan fingerprint density at radius 2 is 2.39 bits per heavy atom. The van der Waals surface area contributed by atoms with Crippen LogP contribution in [0.1, 0.15) is 26.1 Å². The fraction of sp³-hybridized carbons (Fsp3) is 0.583. The number of anilines is 1. The molecule has 1 saturated heterocycles. The SMILES string of the molecule is CCc1nc(N2CCC(C)(C(N)=O)C2)cc(=O)[nH]1. The number of aromatic amines is 1. The molecule has 0 aromatic carbocycles. The third kappa shape index (κ3) is 2.23. The van der Waals surface area contributed by atoms with E-state index in [1.54, 1.807) is 0 Å². The fourth-order valence-electron chi connectivity index (χ4n) is 2.18. The molecule has 6 nitrogen and oxygen atoms in total. The van der Waals surface area contributed by atoms with Gasteiger partial charge in [0.1, 0.15) is 11.6 Å². The van der Waals surface area contributed by atoms with Crippen LogP contribution >= 0.6 is 0 Å². The monoisotopic (exact) mass is 250 g/mol. The number of primary amides is 1. The van der Waals surface area contributed by atoms with Gasteiger partial charge in [-0.25, -0.2) is 4.98 Å². The number of carbonyl (C=O) groups excluding carboxylic acids is 1. The van der Waals surface area contributed by atoms with E-state index in [0.717, 1.165) is 0 Å². The van der Waals surface area contributed by atoms with Crippen LogP contribution in [0, 0.1) is 5.41 Å². The Kier molecular flexibility index (Phi) is 3.11. The van der Waals surface area contributed by atoms with E-state index in [1.807, 2.05) is 18.7 Å². The highest BCUT2D eigenvalue weighted by Gasteiger charge is 2.39. The van der Waals surface area contributed by atoms with Crippen molar-refractivity contribution in [3.8, 4) is 0 Å². The maximum absolute atomic E-state index is 11.5. The number of hydrogen-bond acceptors (Lipinski definition) is 4. The van der Waals surface area contributed by atoms with Crippen molar-refractivity contribution in [2.45, 2.75) is 26.7 Å². The zero-order chi connectivity index (χ0) is 13.3. The molecule has 0 aliphatic carbocycles. The molecule has 0 spiro atoms. The second-order valence-electron chi connectivity index (χ2n) is 5.00. The van der Waals surface area contributed by atoms with Crippen LogP contribution in [0.2, 0.25) is 0 Å². The van der Waals surface area contributed by atoms with Crippen molar-refractivity contribution in [2.24, 2.45) is 11.1 Å². The molecule has 0 radical (unpaired) electrons. The summed E-state index contributed by atoms with van der Waals surface area (Å²) < 4.78 is 0. The summed E-state index contributed by atoms with van der Waals surface area (Å²) in [5, 5.41) is 0. The number of nitrogens with zero attached hydrogens (tertiary/aromatic N) is 2. The molecule has 6 heteroatoms. The molecule has 1 fully saturated rings. The van der Waals surface area contributed by atoms with Gasteiger partial charge in [-0.05, 0) is 13.3 Å². The Balaban J connectivity index is 2.27. The highest BCUT2D eigenvalue weighted by molar-refractivity contribution is 5.81. The lowest BCUT2D eigenvalue weighted by molar-refractivity contribution is -0.125. The number of nitrogens with two attached hydrogens (primary N) is 1. The average Bonchev–Trinajstić information content (AvgIpc) is 2.72.